The summed E-state index contributed by atoms with van der Waals surface area (Å²) in [6.45, 7) is 4.59. The Morgan fingerprint density at radius 3 is 2.41 bits per heavy atom. The van der Waals surface area contributed by atoms with Gasteiger partial charge in [0.1, 0.15) is 0 Å². The topological polar surface area (TPSA) is 25.8 Å². The van der Waals surface area contributed by atoms with Crippen LogP contribution in [0.4, 0.5) is 0 Å². The fraction of sp³-hybridized carbons (Fsp3) is 0.286. The van der Waals surface area contributed by atoms with E-state index in [-0.39, 0.29) is 0 Å². The maximum atomic E-state index is 5.11. The molecule has 0 amide bonds. The number of pyridine rings is 2. The first-order valence-electron chi connectivity index (χ1n) is 11.6. The molecule has 2 nitrogen and oxygen atoms in total. The van der Waals surface area contributed by atoms with Crippen LogP contribution in [0.2, 0.25) is 17.3 Å². The quantitative estimate of drug-likeness (QED) is 0.228. The summed E-state index contributed by atoms with van der Waals surface area (Å²) >= 11 is -0.177. The van der Waals surface area contributed by atoms with Crippen molar-refractivity contribution in [3.05, 3.63) is 66.4 Å². The van der Waals surface area contributed by atoms with Crippen molar-refractivity contribution in [2.75, 3.05) is 0 Å². The van der Waals surface area contributed by atoms with Gasteiger partial charge in [-0.1, -0.05) is 0 Å². The molecule has 0 atom stereocenters. The summed E-state index contributed by atoms with van der Waals surface area (Å²) in [6, 6.07) is 20.2. The zero-order chi connectivity index (χ0) is 22.5. The van der Waals surface area contributed by atoms with Gasteiger partial charge in [-0.3, -0.25) is 0 Å². The van der Waals surface area contributed by atoms with Gasteiger partial charge in [0.15, 0.2) is 0 Å². The first-order valence-corrected chi connectivity index (χ1v) is 19.8. The van der Waals surface area contributed by atoms with Crippen LogP contribution in [0.3, 0.4) is 0 Å². The number of hydrogen-bond donors (Lipinski definition) is 0. The third-order valence-electron chi connectivity index (χ3n) is 6.61. The van der Waals surface area contributed by atoms with Crippen molar-refractivity contribution in [1.29, 1.82) is 0 Å². The minimum absolute atomic E-state index is 0.559. The summed E-state index contributed by atoms with van der Waals surface area (Å²) in [5, 5.41) is 5.20. The van der Waals surface area contributed by atoms with Gasteiger partial charge in [-0.25, -0.2) is 0 Å². The second-order valence-electron chi connectivity index (χ2n) is 9.74. The van der Waals surface area contributed by atoms with Crippen molar-refractivity contribution < 1.29 is 0 Å². The predicted octanol–water partition coefficient (Wildman–Crippen LogP) is 8.11. The van der Waals surface area contributed by atoms with E-state index in [9.17, 15) is 0 Å². The zero-order valence-corrected chi connectivity index (χ0v) is 22.5. The number of benzene rings is 2. The van der Waals surface area contributed by atoms with E-state index in [0.717, 1.165) is 23.4 Å². The standard InChI is InChI=1S/C28H30GeN2S/c1-6-18(7-2)24-17-20(16-19-10-8-9-11-21(19)24)26-27-22(14-15-30-26)23-12-13-25(29(3,4)5)31-28(23)32-27/h8-18H,6-7H2,1-5H3. The van der Waals surface area contributed by atoms with E-state index in [1.807, 2.05) is 6.20 Å². The summed E-state index contributed by atoms with van der Waals surface area (Å²) in [4.78, 5) is 11.2. The van der Waals surface area contributed by atoms with Crippen molar-refractivity contribution in [1.82, 2.24) is 9.97 Å². The molecule has 0 saturated heterocycles. The Hall–Kier alpha value is -2.24. The summed E-state index contributed by atoms with van der Waals surface area (Å²) in [5.41, 5.74) is 3.75. The number of thiophene rings is 1. The van der Waals surface area contributed by atoms with Crippen LogP contribution in [0.15, 0.2) is 60.8 Å². The number of aromatic nitrogens is 2. The molecule has 0 radical (unpaired) electrons. The number of fused-ring (bicyclic) bond motifs is 4. The van der Waals surface area contributed by atoms with E-state index in [1.54, 1.807) is 11.3 Å². The molecule has 5 aromatic rings. The van der Waals surface area contributed by atoms with Gasteiger partial charge in [0, 0.05) is 0 Å². The zero-order valence-electron chi connectivity index (χ0n) is 19.6. The molecule has 0 unspecified atom stereocenters. The van der Waals surface area contributed by atoms with E-state index >= 15 is 0 Å². The molecule has 32 heavy (non-hydrogen) atoms. The fourth-order valence-electron chi connectivity index (χ4n) is 4.75. The van der Waals surface area contributed by atoms with Gasteiger partial charge >= 0.3 is 198 Å². The van der Waals surface area contributed by atoms with Crippen molar-refractivity contribution in [2.24, 2.45) is 0 Å². The molecule has 0 saturated carbocycles. The Balaban J connectivity index is 1.77. The van der Waals surface area contributed by atoms with E-state index in [2.05, 4.69) is 85.7 Å². The average Bonchev–Trinajstić information content (AvgIpc) is 3.17. The van der Waals surface area contributed by atoms with Crippen LogP contribution in [0.5, 0.6) is 0 Å². The van der Waals surface area contributed by atoms with E-state index in [1.165, 1.54) is 41.9 Å². The molecule has 4 heteroatoms. The Kier molecular flexibility index (Phi) is 5.59. The molecule has 0 aliphatic heterocycles. The van der Waals surface area contributed by atoms with Gasteiger partial charge in [-0.15, -0.1) is 0 Å². The van der Waals surface area contributed by atoms with Crippen LogP contribution in [0.1, 0.15) is 38.2 Å². The van der Waals surface area contributed by atoms with Gasteiger partial charge in [-0.05, 0) is 0 Å². The Morgan fingerprint density at radius 2 is 1.66 bits per heavy atom. The van der Waals surface area contributed by atoms with Crippen LogP contribution < -0.4 is 4.53 Å². The first kappa shape index (κ1) is 21.6. The Morgan fingerprint density at radius 1 is 0.875 bits per heavy atom. The molecular formula is C28H30GeN2S. The van der Waals surface area contributed by atoms with Crippen LogP contribution in [-0.2, 0) is 0 Å². The molecule has 162 valence electrons. The summed E-state index contributed by atoms with van der Waals surface area (Å²) in [7, 11) is 0. The van der Waals surface area contributed by atoms with Crippen LogP contribution >= 0.6 is 11.3 Å². The molecule has 2 aromatic carbocycles. The minimum atomic E-state index is -1.98. The molecule has 0 aliphatic carbocycles. The molecule has 0 fully saturated rings. The van der Waals surface area contributed by atoms with E-state index in [4.69, 9.17) is 9.97 Å². The summed E-state index contributed by atoms with van der Waals surface area (Å²) in [6.07, 6.45) is 4.26. The van der Waals surface area contributed by atoms with Crippen LogP contribution in [0, 0.1) is 0 Å². The number of hydrogen-bond acceptors (Lipinski definition) is 3. The fourth-order valence-corrected chi connectivity index (χ4v) is 8.26. The van der Waals surface area contributed by atoms with Crippen molar-refractivity contribution in [3.63, 3.8) is 0 Å². The van der Waals surface area contributed by atoms with Crippen LogP contribution in [-0.4, -0.2) is 23.2 Å². The van der Waals surface area contributed by atoms with Gasteiger partial charge in [0.25, 0.3) is 0 Å². The molecule has 0 bridgehead atoms. The van der Waals surface area contributed by atoms with Crippen molar-refractivity contribution >= 4 is 60.2 Å². The molecule has 0 N–H and O–H groups in total. The summed E-state index contributed by atoms with van der Waals surface area (Å²) < 4.78 is 2.57. The van der Waals surface area contributed by atoms with E-state index in [0.29, 0.717) is 5.92 Å². The maximum absolute atomic E-state index is 5.11. The third-order valence-corrected chi connectivity index (χ3v) is 11.5. The molecular weight excluding hydrogens is 469 g/mol. The van der Waals surface area contributed by atoms with Crippen LogP contribution in [0.25, 0.3) is 42.3 Å². The van der Waals surface area contributed by atoms with E-state index < -0.39 is 13.3 Å². The number of nitrogens with zero attached hydrogens (tertiary/aromatic N) is 2. The van der Waals surface area contributed by atoms with Gasteiger partial charge in [-0.2, -0.15) is 0 Å². The number of rotatable bonds is 5. The molecule has 0 spiro atoms. The van der Waals surface area contributed by atoms with Gasteiger partial charge in [0.2, 0.25) is 0 Å². The normalized spacial score (nSPS) is 12.4. The SMILES string of the molecule is CCC(CC)c1cc(-c2nccc3c2sc2n[c]([Ge]([CH3])([CH3])[CH3])ccc23)cc2ccccc12. The second kappa shape index (κ2) is 8.27. The van der Waals surface area contributed by atoms with Crippen molar-refractivity contribution in [3.8, 4) is 11.3 Å². The van der Waals surface area contributed by atoms with Crippen molar-refractivity contribution in [2.45, 2.75) is 49.9 Å². The first-order chi connectivity index (χ1) is 15.4. The molecule has 5 rings (SSSR count). The Bertz CT molecular complexity index is 1440. The van der Waals surface area contributed by atoms with Gasteiger partial charge in [0.05, 0.1) is 0 Å². The molecule has 3 aromatic heterocycles. The molecule has 0 aliphatic rings. The predicted molar refractivity (Wildman–Crippen MR) is 144 cm³/mol. The van der Waals surface area contributed by atoms with Gasteiger partial charge < -0.3 is 0 Å². The second-order valence-corrected chi connectivity index (χ2v) is 21.3. The third kappa shape index (κ3) is 3.65. The Labute approximate surface area is 197 Å². The summed E-state index contributed by atoms with van der Waals surface area (Å²) in [5.74, 6) is 7.78. The molecule has 3 heterocycles. The monoisotopic (exact) mass is 500 g/mol. The average molecular weight is 499 g/mol.